The summed E-state index contributed by atoms with van der Waals surface area (Å²) >= 11 is 0. The summed E-state index contributed by atoms with van der Waals surface area (Å²) in [5.74, 6) is 1.02. The number of methoxy groups -OCH3 is 1. The fourth-order valence-corrected chi connectivity index (χ4v) is 1.82. The highest BCUT2D eigenvalue weighted by molar-refractivity contribution is 5.40. The van der Waals surface area contributed by atoms with Gasteiger partial charge >= 0.3 is 0 Å². The summed E-state index contributed by atoms with van der Waals surface area (Å²) in [5.41, 5.74) is 2.41. The molecule has 0 bridgehead atoms. The van der Waals surface area contributed by atoms with Crippen LogP contribution in [0.3, 0.4) is 0 Å². The molecular weight excluding hydrogens is 226 g/mol. The smallest absolute Gasteiger partial charge is 0.127 e. The summed E-state index contributed by atoms with van der Waals surface area (Å²) in [6.45, 7) is 8.83. The molecule has 1 aromatic carbocycles. The first-order chi connectivity index (χ1) is 8.69. The van der Waals surface area contributed by atoms with E-state index in [0.717, 1.165) is 31.9 Å². The summed E-state index contributed by atoms with van der Waals surface area (Å²) in [5, 5.41) is 3.34. The van der Waals surface area contributed by atoms with Gasteiger partial charge in [-0.25, -0.2) is 0 Å². The minimum Gasteiger partial charge on any atom is -0.490 e. The molecule has 0 amide bonds. The molecule has 0 radical (unpaired) electrons. The molecule has 18 heavy (non-hydrogen) atoms. The highest BCUT2D eigenvalue weighted by atomic mass is 16.5. The Labute approximate surface area is 110 Å². The van der Waals surface area contributed by atoms with Gasteiger partial charge in [0.15, 0.2) is 0 Å². The standard InChI is InChI=1S/C15H25NO2/c1-5-16-11-14-8-6-7-12(2)15(14)18-13(3)9-10-17-4/h6-8,13,16H,5,9-11H2,1-4H3. The predicted molar refractivity (Wildman–Crippen MR) is 75.1 cm³/mol. The van der Waals surface area contributed by atoms with Crippen LogP contribution in [0.5, 0.6) is 5.75 Å². The molecule has 1 atom stereocenters. The van der Waals surface area contributed by atoms with Crippen molar-refractivity contribution >= 4 is 0 Å². The molecule has 0 aliphatic heterocycles. The summed E-state index contributed by atoms with van der Waals surface area (Å²) in [6.07, 6.45) is 1.08. The number of hydrogen-bond acceptors (Lipinski definition) is 3. The van der Waals surface area contributed by atoms with Gasteiger partial charge in [0.1, 0.15) is 5.75 Å². The Morgan fingerprint density at radius 1 is 1.33 bits per heavy atom. The number of aryl methyl sites for hydroxylation is 1. The van der Waals surface area contributed by atoms with Crippen molar-refractivity contribution in [3.8, 4) is 5.75 Å². The highest BCUT2D eigenvalue weighted by Gasteiger charge is 2.10. The average molecular weight is 251 g/mol. The van der Waals surface area contributed by atoms with E-state index in [-0.39, 0.29) is 6.10 Å². The van der Waals surface area contributed by atoms with Crippen molar-refractivity contribution < 1.29 is 9.47 Å². The Bertz CT molecular complexity index is 352. The first-order valence-electron chi connectivity index (χ1n) is 6.63. The molecule has 0 aromatic heterocycles. The van der Waals surface area contributed by atoms with E-state index in [4.69, 9.17) is 9.47 Å². The monoisotopic (exact) mass is 251 g/mol. The van der Waals surface area contributed by atoms with E-state index in [1.165, 1.54) is 11.1 Å². The number of para-hydroxylation sites is 1. The van der Waals surface area contributed by atoms with Crippen LogP contribution in [0.1, 0.15) is 31.4 Å². The predicted octanol–water partition coefficient (Wildman–Crippen LogP) is 2.91. The lowest BCUT2D eigenvalue weighted by atomic mass is 10.1. The average Bonchev–Trinajstić information content (AvgIpc) is 2.37. The lowest BCUT2D eigenvalue weighted by molar-refractivity contribution is 0.134. The van der Waals surface area contributed by atoms with Gasteiger partial charge < -0.3 is 14.8 Å². The lowest BCUT2D eigenvalue weighted by Gasteiger charge is -2.19. The van der Waals surface area contributed by atoms with Crippen LogP contribution in [0.25, 0.3) is 0 Å². The molecule has 1 N–H and O–H groups in total. The molecule has 102 valence electrons. The third-order valence-electron chi connectivity index (χ3n) is 2.91. The summed E-state index contributed by atoms with van der Waals surface area (Å²) in [7, 11) is 1.72. The SMILES string of the molecule is CCNCc1cccc(C)c1OC(C)CCOC. The molecular formula is C15H25NO2. The van der Waals surface area contributed by atoms with Crippen LogP contribution in [0, 0.1) is 6.92 Å². The van der Waals surface area contributed by atoms with Crippen molar-refractivity contribution in [2.24, 2.45) is 0 Å². The second kappa shape index (κ2) is 8.11. The summed E-state index contributed by atoms with van der Waals surface area (Å²) in [4.78, 5) is 0. The Kier molecular flexibility index (Phi) is 6.76. The van der Waals surface area contributed by atoms with Crippen LogP contribution in [-0.2, 0) is 11.3 Å². The largest absolute Gasteiger partial charge is 0.490 e. The van der Waals surface area contributed by atoms with Crippen LogP contribution in [0.15, 0.2) is 18.2 Å². The normalized spacial score (nSPS) is 12.4. The van der Waals surface area contributed by atoms with Crippen LogP contribution < -0.4 is 10.1 Å². The van der Waals surface area contributed by atoms with E-state index in [1.807, 2.05) is 0 Å². The van der Waals surface area contributed by atoms with E-state index in [0.29, 0.717) is 0 Å². The van der Waals surface area contributed by atoms with Crippen LogP contribution >= 0.6 is 0 Å². The Morgan fingerprint density at radius 3 is 2.78 bits per heavy atom. The van der Waals surface area contributed by atoms with E-state index in [1.54, 1.807) is 7.11 Å². The fourth-order valence-electron chi connectivity index (χ4n) is 1.82. The van der Waals surface area contributed by atoms with Gasteiger partial charge in [-0.05, 0) is 26.0 Å². The van der Waals surface area contributed by atoms with E-state index >= 15 is 0 Å². The third kappa shape index (κ3) is 4.67. The molecule has 3 nitrogen and oxygen atoms in total. The van der Waals surface area contributed by atoms with Gasteiger partial charge in [0, 0.05) is 32.2 Å². The topological polar surface area (TPSA) is 30.5 Å². The van der Waals surface area contributed by atoms with Gasteiger partial charge in [-0.15, -0.1) is 0 Å². The van der Waals surface area contributed by atoms with Crippen molar-refractivity contribution in [2.45, 2.75) is 39.8 Å². The molecule has 0 spiro atoms. The minimum atomic E-state index is 0.173. The number of nitrogens with one attached hydrogen (secondary N) is 1. The van der Waals surface area contributed by atoms with Crippen molar-refractivity contribution in [2.75, 3.05) is 20.3 Å². The van der Waals surface area contributed by atoms with Gasteiger partial charge in [-0.2, -0.15) is 0 Å². The first-order valence-corrected chi connectivity index (χ1v) is 6.63. The molecule has 0 aliphatic carbocycles. The van der Waals surface area contributed by atoms with E-state index in [9.17, 15) is 0 Å². The van der Waals surface area contributed by atoms with Gasteiger partial charge in [-0.1, -0.05) is 25.1 Å². The Morgan fingerprint density at radius 2 is 2.11 bits per heavy atom. The summed E-state index contributed by atoms with van der Waals surface area (Å²) < 4.78 is 11.1. The second-order valence-electron chi connectivity index (χ2n) is 4.55. The molecule has 0 saturated heterocycles. The van der Waals surface area contributed by atoms with Gasteiger partial charge in [0.25, 0.3) is 0 Å². The fraction of sp³-hybridized carbons (Fsp3) is 0.600. The minimum absolute atomic E-state index is 0.173. The quantitative estimate of drug-likeness (QED) is 0.770. The van der Waals surface area contributed by atoms with Crippen molar-refractivity contribution in [3.63, 3.8) is 0 Å². The first kappa shape index (κ1) is 15.0. The number of hydrogen-bond donors (Lipinski definition) is 1. The Balaban J connectivity index is 2.72. The zero-order chi connectivity index (χ0) is 13.4. The lowest BCUT2D eigenvalue weighted by Crippen LogP contribution is -2.18. The Hall–Kier alpha value is -1.06. The molecule has 3 heteroatoms. The van der Waals surface area contributed by atoms with Gasteiger partial charge in [0.2, 0.25) is 0 Å². The van der Waals surface area contributed by atoms with Crippen LogP contribution in [-0.4, -0.2) is 26.4 Å². The maximum Gasteiger partial charge on any atom is 0.127 e. The molecule has 0 aliphatic rings. The molecule has 0 saturated carbocycles. The zero-order valence-corrected chi connectivity index (χ0v) is 12.0. The maximum absolute atomic E-state index is 6.06. The molecule has 1 rings (SSSR count). The zero-order valence-electron chi connectivity index (χ0n) is 12.0. The van der Waals surface area contributed by atoms with Gasteiger partial charge in [0.05, 0.1) is 6.10 Å². The third-order valence-corrected chi connectivity index (χ3v) is 2.91. The second-order valence-corrected chi connectivity index (χ2v) is 4.55. The van der Waals surface area contributed by atoms with Crippen molar-refractivity contribution in [3.05, 3.63) is 29.3 Å². The highest BCUT2D eigenvalue weighted by Crippen LogP contribution is 2.25. The van der Waals surface area contributed by atoms with Crippen molar-refractivity contribution in [1.82, 2.24) is 5.32 Å². The van der Waals surface area contributed by atoms with Crippen molar-refractivity contribution in [1.29, 1.82) is 0 Å². The molecule has 1 aromatic rings. The van der Waals surface area contributed by atoms with E-state index < -0.39 is 0 Å². The molecule has 0 fully saturated rings. The van der Waals surface area contributed by atoms with Gasteiger partial charge in [-0.3, -0.25) is 0 Å². The number of rotatable bonds is 8. The molecule has 0 heterocycles. The van der Waals surface area contributed by atoms with Crippen LogP contribution in [0.2, 0.25) is 0 Å². The molecule has 1 unspecified atom stereocenters. The summed E-state index contributed by atoms with van der Waals surface area (Å²) in [6, 6.07) is 6.29. The number of benzene rings is 1. The maximum atomic E-state index is 6.06. The van der Waals surface area contributed by atoms with Crippen LogP contribution in [0.4, 0.5) is 0 Å². The number of ether oxygens (including phenoxy) is 2. The van der Waals surface area contributed by atoms with E-state index in [2.05, 4.69) is 44.3 Å².